The molecule has 0 aliphatic heterocycles. The van der Waals surface area contributed by atoms with Crippen molar-refractivity contribution in [1.29, 1.82) is 0 Å². The van der Waals surface area contributed by atoms with Gasteiger partial charge in [0.15, 0.2) is 0 Å². The highest BCUT2D eigenvalue weighted by Crippen LogP contribution is 2.21. The molecule has 0 radical (unpaired) electrons. The summed E-state index contributed by atoms with van der Waals surface area (Å²) >= 11 is 0. The van der Waals surface area contributed by atoms with Crippen molar-refractivity contribution in [2.24, 2.45) is 5.92 Å². The molecule has 0 bridgehead atoms. The largest absolute Gasteiger partial charge is 0.500 e. The smallest absolute Gasteiger partial charge is 0.385 e. The molecule has 0 aliphatic carbocycles. The number of methoxy groups -OCH3 is 1. The SMILES string of the molecule is COCCC(C)C[Si](OC)(OC)OC. The van der Waals surface area contributed by atoms with E-state index in [1.165, 1.54) is 0 Å². The van der Waals surface area contributed by atoms with Crippen molar-refractivity contribution in [3.8, 4) is 0 Å². The van der Waals surface area contributed by atoms with Crippen LogP contribution in [-0.2, 0) is 18.0 Å². The molecule has 1 unspecified atom stereocenters. The van der Waals surface area contributed by atoms with Crippen molar-refractivity contribution in [1.82, 2.24) is 0 Å². The molecule has 0 amide bonds. The number of rotatable bonds is 8. The van der Waals surface area contributed by atoms with E-state index in [1.54, 1.807) is 28.4 Å². The van der Waals surface area contributed by atoms with Crippen LogP contribution >= 0.6 is 0 Å². The molecule has 0 saturated carbocycles. The summed E-state index contributed by atoms with van der Waals surface area (Å²) in [6, 6.07) is 0.833. The zero-order chi connectivity index (χ0) is 11.0. The van der Waals surface area contributed by atoms with Gasteiger partial charge in [-0.05, 0) is 12.3 Å². The third-order valence-electron chi connectivity index (χ3n) is 2.35. The third-order valence-corrected chi connectivity index (χ3v) is 5.41. The topological polar surface area (TPSA) is 36.9 Å². The molecule has 14 heavy (non-hydrogen) atoms. The lowest BCUT2D eigenvalue weighted by molar-refractivity contribution is 0.114. The van der Waals surface area contributed by atoms with E-state index in [1.807, 2.05) is 0 Å². The van der Waals surface area contributed by atoms with Gasteiger partial charge in [0.25, 0.3) is 0 Å². The first-order valence-corrected chi connectivity index (χ1v) is 6.71. The Balaban J connectivity index is 4.01. The molecule has 86 valence electrons. The van der Waals surface area contributed by atoms with E-state index >= 15 is 0 Å². The van der Waals surface area contributed by atoms with E-state index in [0.29, 0.717) is 5.92 Å². The first kappa shape index (κ1) is 14.1. The van der Waals surface area contributed by atoms with Gasteiger partial charge in [-0.3, -0.25) is 0 Å². The van der Waals surface area contributed by atoms with Crippen LogP contribution in [0.1, 0.15) is 13.3 Å². The van der Waals surface area contributed by atoms with E-state index in [9.17, 15) is 0 Å². The predicted octanol–water partition coefficient (Wildman–Crippen LogP) is 1.54. The standard InChI is InChI=1S/C9H22O4Si/c1-9(6-7-10-2)8-14(11-3,12-4)13-5/h9H,6-8H2,1-5H3. The van der Waals surface area contributed by atoms with Crippen LogP contribution in [0.15, 0.2) is 0 Å². The first-order chi connectivity index (χ1) is 6.64. The zero-order valence-corrected chi connectivity index (χ0v) is 10.8. The minimum absolute atomic E-state index is 0.487. The van der Waals surface area contributed by atoms with Gasteiger partial charge >= 0.3 is 8.80 Å². The molecule has 4 nitrogen and oxygen atoms in total. The van der Waals surface area contributed by atoms with Crippen LogP contribution in [0.2, 0.25) is 6.04 Å². The molecule has 0 fully saturated rings. The monoisotopic (exact) mass is 222 g/mol. The summed E-state index contributed by atoms with van der Waals surface area (Å²) in [6.45, 7) is 2.92. The number of hydrogen-bond donors (Lipinski definition) is 0. The van der Waals surface area contributed by atoms with Crippen LogP contribution in [-0.4, -0.2) is 43.9 Å². The van der Waals surface area contributed by atoms with Gasteiger partial charge in [0.2, 0.25) is 0 Å². The fourth-order valence-electron chi connectivity index (χ4n) is 1.35. The van der Waals surface area contributed by atoms with Crippen LogP contribution in [0.5, 0.6) is 0 Å². The Hall–Kier alpha value is 0.0569. The van der Waals surface area contributed by atoms with Gasteiger partial charge < -0.3 is 18.0 Å². The van der Waals surface area contributed by atoms with Crippen molar-refractivity contribution in [2.75, 3.05) is 35.0 Å². The lowest BCUT2D eigenvalue weighted by Crippen LogP contribution is -2.44. The summed E-state index contributed by atoms with van der Waals surface area (Å²) in [5.41, 5.74) is 0. The summed E-state index contributed by atoms with van der Waals surface area (Å²) in [6.07, 6.45) is 1.00. The van der Waals surface area contributed by atoms with Crippen molar-refractivity contribution < 1.29 is 18.0 Å². The van der Waals surface area contributed by atoms with Gasteiger partial charge in [0, 0.05) is 41.1 Å². The molecular formula is C9H22O4Si. The van der Waals surface area contributed by atoms with Gasteiger partial charge in [-0.25, -0.2) is 0 Å². The molecule has 0 rings (SSSR count). The second kappa shape index (κ2) is 7.36. The van der Waals surface area contributed by atoms with Crippen LogP contribution in [0.4, 0.5) is 0 Å². The Bertz CT molecular complexity index is 131. The van der Waals surface area contributed by atoms with E-state index in [-0.39, 0.29) is 0 Å². The van der Waals surface area contributed by atoms with Crippen LogP contribution < -0.4 is 0 Å². The Kier molecular flexibility index (Phi) is 7.39. The molecule has 5 heteroatoms. The molecule has 0 aromatic rings. The van der Waals surface area contributed by atoms with Gasteiger partial charge in [-0.1, -0.05) is 6.92 Å². The van der Waals surface area contributed by atoms with Crippen LogP contribution in [0.25, 0.3) is 0 Å². The Morgan fingerprint density at radius 2 is 1.50 bits per heavy atom. The number of hydrogen-bond acceptors (Lipinski definition) is 4. The Labute approximate surface area is 87.9 Å². The van der Waals surface area contributed by atoms with Crippen molar-refractivity contribution >= 4 is 8.80 Å². The molecule has 0 saturated heterocycles. The highest BCUT2D eigenvalue weighted by Gasteiger charge is 2.39. The lowest BCUT2D eigenvalue weighted by Gasteiger charge is -2.26. The summed E-state index contributed by atoms with van der Waals surface area (Å²) in [7, 11) is 4.25. The number of ether oxygens (including phenoxy) is 1. The van der Waals surface area contributed by atoms with Gasteiger partial charge in [-0.15, -0.1) is 0 Å². The van der Waals surface area contributed by atoms with Crippen LogP contribution in [0, 0.1) is 5.92 Å². The fourth-order valence-corrected chi connectivity index (χ4v) is 3.41. The quantitative estimate of drug-likeness (QED) is 0.584. The predicted molar refractivity (Wildman–Crippen MR) is 57.2 cm³/mol. The maximum Gasteiger partial charge on any atom is 0.500 e. The maximum atomic E-state index is 5.34. The second-order valence-electron chi connectivity index (χ2n) is 3.39. The lowest BCUT2D eigenvalue weighted by atomic mass is 10.1. The summed E-state index contributed by atoms with van der Waals surface area (Å²) in [4.78, 5) is 0. The van der Waals surface area contributed by atoms with Gasteiger partial charge in [-0.2, -0.15) is 0 Å². The molecular weight excluding hydrogens is 200 g/mol. The third kappa shape index (κ3) is 4.52. The molecule has 0 aromatic heterocycles. The second-order valence-corrected chi connectivity index (χ2v) is 6.39. The Morgan fingerprint density at radius 1 is 1.00 bits per heavy atom. The normalized spacial score (nSPS) is 14.4. The molecule has 1 atom stereocenters. The van der Waals surface area contributed by atoms with Crippen molar-refractivity contribution in [3.05, 3.63) is 0 Å². The van der Waals surface area contributed by atoms with E-state index in [2.05, 4.69) is 6.92 Å². The molecule has 0 aromatic carbocycles. The maximum absolute atomic E-state index is 5.34. The van der Waals surface area contributed by atoms with Crippen LogP contribution in [0.3, 0.4) is 0 Å². The molecule has 0 heterocycles. The highest BCUT2D eigenvalue weighted by molar-refractivity contribution is 6.60. The average molecular weight is 222 g/mol. The van der Waals surface area contributed by atoms with E-state index in [4.69, 9.17) is 18.0 Å². The first-order valence-electron chi connectivity index (χ1n) is 4.78. The fraction of sp³-hybridized carbons (Fsp3) is 1.00. The van der Waals surface area contributed by atoms with Crippen molar-refractivity contribution in [2.45, 2.75) is 19.4 Å². The molecule has 0 spiro atoms. The van der Waals surface area contributed by atoms with E-state index in [0.717, 1.165) is 19.1 Å². The van der Waals surface area contributed by atoms with Gasteiger partial charge in [0.1, 0.15) is 0 Å². The summed E-state index contributed by atoms with van der Waals surface area (Å²) < 4.78 is 21.0. The highest BCUT2D eigenvalue weighted by atomic mass is 28.4. The molecule has 0 N–H and O–H groups in total. The summed E-state index contributed by atoms with van der Waals surface area (Å²) in [5.74, 6) is 0.487. The molecule has 0 aliphatic rings. The minimum Gasteiger partial charge on any atom is -0.385 e. The van der Waals surface area contributed by atoms with Crippen molar-refractivity contribution in [3.63, 3.8) is 0 Å². The van der Waals surface area contributed by atoms with Gasteiger partial charge in [0.05, 0.1) is 0 Å². The zero-order valence-electron chi connectivity index (χ0n) is 9.83. The summed E-state index contributed by atoms with van der Waals surface area (Å²) in [5, 5.41) is 0. The average Bonchev–Trinajstić information content (AvgIpc) is 2.23. The Morgan fingerprint density at radius 3 is 1.86 bits per heavy atom. The minimum atomic E-state index is -2.39. The van der Waals surface area contributed by atoms with E-state index < -0.39 is 8.80 Å².